The number of nitrogen functional groups attached to an aromatic ring is 1. The molecule has 0 aliphatic rings. The Morgan fingerprint density at radius 1 is 1.08 bits per heavy atom. The summed E-state index contributed by atoms with van der Waals surface area (Å²) in [4.78, 5) is 4.20. The molecule has 0 amide bonds. The van der Waals surface area contributed by atoms with Crippen LogP contribution in [0, 0.1) is 11.3 Å². The number of fused-ring (bicyclic) bond motifs is 1. The fourth-order valence-corrected chi connectivity index (χ4v) is 3.09. The fraction of sp³-hybridized carbons (Fsp3) is 0.0476. The summed E-state index contributed by atoms with van der Waals surface area (Å²) in [6.07, 6.45) is 5.44. The quantitative estimate of drug-likeness (QED) is 0.607. The second kappa shape index (κ2) is 6.26. The molecule has 0 radical (unpaired) electrons. The molecular formula is C21H16N4O. The van der Waals surface area contributed by atoms with E-state index < -0.39 is 0 Å². The van der Waals surface area contributed by atoms with E-state index in [9.17, 15) is 5.26 Å². The number of benzene rings is 2. The van der Waals surface area contributed by atoms with E-state index in [1.165, 1.54) is 0 Å². The molecule has 0 aliphatic carbocycles. The van der Waals surface area contributed by atoms with Crippen LogP contribution in [0.1, 0.15) is 5.56 Å². The lowest BCUT2D eigenvalue weighted by molar-refractivity contribution is 0.415. The minimum Gasteiger partial charge on any atom is -0.497 e. The van der Waals surface area contributed by atoms with Crippen LogP contribution >= 0.6 is 0 Å². The fourth-order valence-electron chi connectivity index (χ4n) is 3.09. The van der Waals surface area contributed by atoms with E-state index in [4.69, 9.17) is 10.5 Å². The van der Waals surface area contributed by atoms with Gasteiger partial charge in [-0.3, -0.25) is 4.98 Å². The van der Waals surface area contributed by atoms with Crippen molar-refractivity contribution < 1.29 is 4.74 Å². The van der Waals surface area contributed by atoms with Crippen molar-refractivity contribution in [2.45, 2.75) is 0 Å². The Hall–Kier alpha value is -3.78. The van der Waals surface area contributed by atoms with E-state index in [1.807, 2.05) is 54.7 Å². The third-order valence-electron chi connectivity index (χ3n) is 4.35. The van der Waals surface area contributed by atoms with E-state index in [1.54, 1.807) is 19.5 Å². The van der Waals surface area contributed by atoms with Gasteiger partial charge in [-0.1, -0.05) is 0 Å². The SMILES string of the molecule is COc1ccc(-n2cc(-c3cncc(N)c3)c3cc(C#N)ccc32)cc1. The first-order chi connectivity index (χ1) is 12.7. The summed E-state index contributed by atoms with van der Waals surface area (Å²) in [5.41, 5.74) is 11.0. The standard InChI is InChI=1S/C21H16N4O/c1-26-18-5-3-17(4-6-18)25-13-20(15-9-16(23)12-24-11-15)19-8-14(10-22)2-7-21(19)25/h2-9,11-13H,23H2,1H3. The van der Waals surface area contributed by atoms with Crippen molar-refractivity contribution in [1.82, 2.24) is 9.55 Å². The molecule has 0 aliphatic heterocycles. The van der Waals surface area contributed by atoms with Crippen molar-refractivity contribution in [3.05, 3.63) is 72.7 Å². The molecule has 126 valence electrons. The van der Waals surface area contributed by atoms with Gasteiger partial charge >= 0.3 is 0 Å². The third kappa shape index (κ3) is 2.64. The van der Waals surface area contributed by atoms with Gasteiger partial charge in [0.05, 0.1) is 29.9 Å². The van der Waals surface area contributed by atoms with Crippen LogP contribution in [0.3, 0.4) is 0 Å². The number of hydrogen-bond acceptors (Lipinski definition) is 4. The Morgan fingerprint density at radius 2 is 1.88 bits per heavy atom. The monoisotopic (exact) mass is 340 g/mol. The van der Waals surface area contributed by atoms with Gasteiger partial charge in [0.25, 0.3) is 0 Å². The third-order valence-corrected chi connectivity index (χ3v) is 4.35. The minimum atomic E-state index is 0.601. The lowest BCUT2D eigenvalue weighted by atomic mass is 10.0. The molecule has 5 nitrogen and oxygen atoms in total. The Kier molecular flexibility index (Phi) is 3.79. The maximum atomic E-state index is 9.28. The Balaban J connectivity index is 1.98. The second-order valence-corrected chi connectivity index (χ2v) is 5.96. The van der Waals surface area contributed by atoms with Crippen LogP contribution in [0.2, 0.25) is 0 Å². The van der Waals surface area contributed by atoms with Crippen LogP contribution in [0.5, 0.6) is 5.75 Å². The van der Waals surface area contributed by atoms with Gasteiger partial charge in [-0.25, -0.2) is 0 Å². The molecule has 5 heteroatoms. The normalized spacial score (nSPS) is 10.6. The molecular weight excluding hydrogens is 324 g/mol. The highest BCUT2D eigenvalue weighted by Crippen LogP contribution is 2.34. The van der Waals surface area contributed by atoms with Crippen molar-refractivity contribution in [3.63, 3.8) is 0 Å². The number of anilines is 1. The maximum absolute atomic E-state index is 9.28. The number of nitrogens with two attached hydrogens (primary N) is 1. The molecule has 4 rings (SSSR count). The largest absolute Gasteiger partial charge is 0.497 e. The lowest BCUT2D eigenvalue weighted by Gasteiger charge is -2.06. The zero-order valence-electron chi connectivity index (χ0n) is 14.2. The lowest BCUT2D eigenvalue weighted by Crippen LogP contribution is -1.92. The summed E-state index contributed by atoms with van der Waals surface area (Å²) in [7, 11) is 1.65. The highest BCUT2D eigenvalue weighted by molar-refractivity contribution is 5.98. The van der Waals surface area contributed by atoms with Gasteiger partial charge in [-0.15, -0.1) is 0 Å². The first kappa shape index (κ1) is 15.7. The zero-order valence-corrected chi connectivity index (χ0v) is 14.2. The van der Waals surface area contributed by atoms with Crippen LogP contribution in [-0.2, 0) is 0 Å². The second-order valence-electron chi connectivity index (χ2n) is 5.96. The van der Waals surface area contributed by atoms with Gasteiger partial charge < -0.3 is 15.0 Å². The predicted molar refractivity (Wildman–Crippen MR) is 102 cm³/mol. The molecule has 26 heavy (non-hydrogen) atoms. The number of nitriles is 1. The Labute approximate surface area is 150 Å². The van der Waals surface area contributed by atoms with Crippen LogP contribution < -0.4 is 10.5 Å². The van der Waals surface area contributed by atoms with E-state index in [0.717, 1.165) is 33.5 Å². The highest BCUT2D eigenvalue weighted by atomic mass is 16.5. The van der Waals surface area contributed by atoms with E-state index in [2.05, 4.69) is 15.6 Å². The molecule has 0 saturated carbocycles. The smallest absolute Gasteiger partial charge is 0.119 e. The van der Waals surface area contributed by atoms with Crippen molar-refractivity contribution in [2.75, 3.05) is 12.8 Å². The van der Waals surface area contributed by atoms with Crippen LogP contribution in [0.25, 0.3) is 27.7 Å². The molecule has 0 saturated heterocycles. The molecule has 0 bridgehead atoms. The molecule has 0 spiro atoms. The summed E-state index contributed by atoms with van der Waals surface area (Å²) in [6.45, 7) is 0. The van der Waals surface area contributed by atoms with Crippen LogP contribution in [-0.4, -0.2) is 16.7 Å². The van der Waals surface area contributed by atoms with Crippen molar-refractivity contribution >= 4 is 16.6 Å². The molecule has 0 atom stereocenters. The minimum absolute atomic E-state index is 0.601. The van der Waals surface area contributed by atoms with Gasteiger partial charge in [-0.05, 0) is 48.5 Å². The molecule has 0 unspecified atom stereocenters. The number of nitrogens with zero attached hydrogens (tertiary/aromatic N) is 3. The summed E-state index contributed by atoms with van der Waals surface area (Å²) in [5, 5.41) is 10.3. The van der Waals surface area contributed by atoms with Gasteiger partial charge in [0, 0.05) is 40.8 Å². The van der Waals surface area contributed by atoms with E-state index >= 15 is 0 Å². The number of rotatable bonds is 3. The van der Waals surface area contributed by atoms with Crippen molar-refractivity contribution in [2.24, 2.45) is 0 Å². The summed E-state index contributed by atoms with van der Waals surface area (Å²) in [6, 6.07) is 17.6. The van der Waals surface area contributed by atoms with E-state index in [0.29, 0.717) is 11.3 Å². The highest BCUT2D eigenvalue weighted by Gasteiger charge is 2.13. The van der Waals surface area contributed by atoms with E-state index in [-0.39, 0.29) is 0 Å². The first-order valence-corrected chi connectivity index (χ1v) is 8.10. The predicted octanol–water partition coefficient (Wildman–Crippen LogP) is 4.15. The number of pyridine rings is 1. The Bertz CT molecular complexity index is 1140. The maximum Gasteiger partial charge on any atom is 0.119 e. The van der Waals surface area contributed by atoms with Crippen molar-refractivity contribution in [3.8, 4) is 28.6 Å². The molecule has 2 heterocycles. The molecule has 4 aromatic rings. The van der Waals surface area contributed by atoms with Crippen LogP contribution in [0.15, 0.2) is 67.1 Å². The number of methoxy groups -OCH3 is 1. The summed E-state index contributed by atoms with van der Waals surface area (Å²) < 4.78 is 7.33. The van der Waals surface area contributed by atoms with Crippen molar-refractivity contribution in [1.29, 1.82) is 5.26 Å². The van der Waals surface area contributed by atoms with Gasteiger partial charge in [0.2, 0.25) is 0 Å². The average Bonchev–Trinajstić information content (AvgIpc) is 3.06. The molecule has 2 N–H and O–H groups in total. The summed E-state index contributed by atoms with van der Waals surface area (Å²) in [5.74, 6) is 0.803. The first-order valence-electron chi connectivity index (χ1n) is 8.10. The number of hydrogen-bond donors (Lipinski definition) is 1. The van der Waals surface area contributed by atoms with Gasteiger partial charge in [0.15, 0.2) is 0 Å². The molecule has 2 aromatic heterocycles. The molecule has 0 fully saturated rings. The summed E-state index contributed by atoms with van der Waals surface area (Å²) >= 11 is 0. The molecule has 2 aromatic carbocycles. The number of ether oxygens (including phenoxy) is 1. The number of aromatic nitrogens is 2. The van der Waals surface area contributed by atoms with Gasteiger partial charge in [0.1, 0.15) is 5.75 Å². The zero-order chi connectivity index (χ0) is 18.1. The Morgan fingerprint density at radius 3 is 2.58 bits per heavy atom. The average molecular weight is 340 g/mol. The van der Waals surface area contributed by atoms with Gasteiger partial charge in [-0.2, -0.15) is 5.26 Å². The topological polar surface area (TPSA) is 76.9 Å². The van der Waals surface area contributed by atoms with Crippen LogP contribution in [0.4, 0.5) is 5.69 Å².